The molecule has 4 rings (SSSR count). The number of carbonyl (C=O) groups excluding carboxylic acids is 1. The van der Waals surface area contributed by atoms with Gasteiger partial charge in [-0.3, -0.25) is 4.79 Å². The molecule has 3 aromatic heterocycles. The highest BCUT2D eigenvalue weighted by molar-refractivity contribution is 7.16. The fourth-order valence-electron chi connectivity index (χ4n) is 3.49. The smallest absolute Gasteiger partial charge is 0.226 e. The van der Waals surface area contributed by atoms with E-state index in [1.54, 1.807) is 0 Å². The Hall–Kier alpha value is -2.99. The molecule has 6 heteroatoms. The molecule has 0 bridgehead atoms. The number of benzene rings is 1. The number of imidazole rings is 1. The van der Waals surface area contributed by atoms with Gasteiger partial charge < -0.3 is 9.72 Å². The van der Waals surface area contributed by atoms with Crippen LogP contribution in [-0.4, -0.2) is 20.3 Å². The molecule has 0 aliphatic rings. The maximum atomic E-state index is 12.5. The summed E-state index contributed by atoms with van der Waals surface area (Å²) < 4.78 is 2.05. The molecule has 3 heterocycles. The van der Waals surface area contributed by atoms with E-state index < -0.39 is 0 Å². The van der Waals surface area contributed by atoms with Crippen molar-refractivity contribution >= 4 is 28.0 Å². The molecule has 0 atom stereocenters. The molecule has 1 aromatic carbocycles. The minimum absolute atomic E-state index is 0.0318. The first kappa shape index (κ1) is 19.3. The van der Waals surface area contributed by atoms with Crippen molar-refractivity contribution in [2.24, 2.45) is 0 Å². The van der Waals surface area contributed by atoms with Gasteiger partial charge in [-0.25, -0.2) is 9.97 Å². The van der Waals surface area contributed by atoms with Crippen LogP contribution in [0.1, 0.15) is 33.8 Å². The highest BCUT2D eigenvalue weighted by Crippen LogP contribution is 2.31. The summed E-state index contributed by atoms with van der Waals surface area (Å²) in [5, 5.41) is 3.62. The summed E-state index contributed by atoms with van der Waals surface area (Å²) in [5.41, 5.74) is 7.47. The van der Waals surface area contributed by atoms with E-state index in [9.17, 15) is 4.79 Å². The van der Waals surface area contributed by atoms with Gasteiger partial charge in [-0.05, 0) is 63.4 Å². The molecule has 29 heavy (non-hydrogen) atoms. The van der Waals surface area contributed by atoms with Crippen molar-refractivity contribution in [3.05, 3.63) is 70.0 Å². The zero-order chi connectivity index (χ0) is 20.5. The Kier molecular flexibility index (Phi) is 5.20. The number of fused-ring (bicyclic) bond motifs is 1. The van der Waals surface area contributed by atoms with Gasteiger partial charge in [-0.2, -0.15) is 0 Å². The predicted molar refractivity (Wildman–Crippen MR) is 119 cm³/mol. The number of pyridine rings is 1. The molecule has 148 valence electrons. The number of rotatable bonds is 5. The molecule has 0 aliphatic heterocycles. The molecule has 0 fully saturated rings. The zero-order valence-electron chi connectivity index (χ0n) is 17.1. The van der Waals surface area contributed by atoms with E-state index in [1.807, 2.05) is 42.6 Å². The quantitative estimate of drug-likeness (QED) is 0.493. The lowest BCUT2D eigenvalue weighted by Gasteiger charge is -2.04. The third-order valence-electron chi connectivity index (χ3n) is 5.24. The number of aromatic nitrogens is 3. The van der Waals surface area contributed by atoms with E-state index in [0.29, 0.717) is 18.0 Å². The van der Waals surface area contributed by atoms with E-state index in [0.717, 1.165) is 33.2 Å². The number of aryl methyl sites for hydroxylation is 5. The zero-order valence-corrected chi connectivity index (χ0v) is 17.9. The van der Waals surface area contributed by atoms with E-state index in [1.165, 1.54) is 22.5 Å². The van der Waals surface area contributed by atoms with Gasteiger partial charge in [0, 0.05) is 28.8 Å². The van der Waals surface area contributed by atoms with E-state index in [2.05, 4.69) is 47.3 Å². The summed E-state index contributed by atoms with van der Waals surface area (Å²) in [4.78, 5) is 22.9. The van der Waals surface area contributed by atoms with E-state index >= 15 is 0 Å². The van der Waals surface area contributed by atoms with Gasteiger partial charge in [-0.15, -0.1) is 11.3 Å². The fourth-order valence-corrected chi connectivity index (χ4v) is 4.34. The van der Waals surface area contributed by atoms with Crippen molar-refractivity contribution in [3.8, 4) is 11.3 Å². The molecule has 1 amide bonds. The van der Waals surface area contributed by atoms with Crippen LogP contribution in [0, 0.1) is 27.7 Å². The van der Waals surface area contributed by atoms with Crippen LogP contribution in [0.25, 0.3) is 16.9 Å². The van der Waals surface area contributed by atoms with Crippen molar-refractivity contribution in [1.29, 1.82) is 0 Å². The van der Waals surface area contributed by atoms with Crippen LogP contribution < -0.4 is 5.32 Å². The number of nitrogens with zero attached hydrogens (tertiary/aromatic N) is 3. The summed E-state index contributed by atoms with van der Waals surface area (Å²) in [7, 11) is 0. The van der Waals surface area contributed by atoms with E-state index in [-0.39, 0.29) is 5.91 Å². The molecule has 0 saturated carbocycles. The summed E-state index contributed by atoms with van der Waals surface area (Å²) in [6.45, 7) is 8.23. The summed E-state index contributed by atoms with van der Waals surface area (Å²) in [6.07, 6.45) is 3.01. The normalized spacial score (nSPS) is 11.2. The number of nitrogens with one attached hydrogen (secondary N) is 1. The Labute approximate surface area is 174 Å². The molecule has 0 aliphatic carbocycles. The van der Waals surface area contributed by atoms with Crippen molar-refractivity contribution < 1.29 is 4.79 Å². The number of amides is 1. The third-order valence-corrected chi connectivity index (χ3v) is 6.13. The van der Waals surface area contributed by atoms with Crippen LogP contribution >= 0.6 is 11.3 Å². The average molecular weight is 405 g/mol. The number of hydrogen-bond donors (Lipinski definition) is 1. The topological polar surface area (TPSA) is 59.3 Å². The van der Waals surface area contributed by atoms with Gasteiger partial charge in [0.2, 0.25) is 5.91 Å². The highest BCUT2D eigenvalue weighted by atomic mass is 32.1. The second kappa shape index (κ2) is 7.79. The maximum Gasteiger partial charge on any atom is 0.226 e. The molecule has 5 nitrogen and oxygen atoms in total. The number of anilines is 1. The van der Waals surface area contributed by atoms with Crippen molar-refractivity contribution in [2.45, 2.75) is 40.5 Å². The first-order chi connectivity index (χ1) is 13.9. The van der Waals surface area contributed by atoms with Crippen LogP contribution in [0.15, 0.2) is 42.6 Å². The number of hydrogen-bond acceptors (Lipinski definition) is 4. The third kappa shape index (κ3) is 3.93. The Morgan fingerprint density at radius 2 is 1.90 bits per heavy atom. The van der Waals surface area contributed by atoms with E-state index in [4.69, 9.17) is 0 Å². The standard InChI is InChI=1S/C23H24N4OS/c1-14-8-9-18(13-15(14)2)22-17(4)29-23(26-22)25-21(28)11-10-19-16(3)24-20-7-5-6-12-27(19)20/h5-9,12-13H,10-11H2,1-4H3,(H,25,26,28). The van der Waals surface area contributed by atoms with Gasteiger partial charge >= 0.3 is 0 Å². The molecule has 0 spiro atoms. The first-order valence-electron chi connectivity index (χ1n) is 9.70. The predicted octanol–water partition coefficient (Wildman–Crippen LogP) is 5.26. The van der Waals surface area contributed by atoms with Gasteiger partial charge in [0.1, 0.15) is 5.65 Å². The monoisotopic (exact) mass is 404 g/mol. The second-order valence-electron chi connectivity index (χ2n) is 7.34. The molecular formula is C23H24N4OS. The molecule has 0 unspecified atom stereocenters. The summed E-state index contributed by atoms with van der Waals surface area (Å²) in [5.74, 6) is -0.0318. The molecule has 0 radical (unpaired) electrons. The lowest BCUT2D eigenvalue weighted by atomic mass is 10.0. The Bertz CT molecular complexity index is 1210. The Morgan fingerprint density at radius 3 is 2.69 bits per heavy atom. The van der Waals surface area contributed by atoms with Crippen LogP contribution in [0.4, 0.5) is 5.13 Å². The second-order valence-corrected chi connectivity index (χ2v) is 8.55. The Balaban J connectivity index is 1.46. The van der Waals surface area contributed by atoms with Crippen LogP contribution in [0.5, 0.6) is 0 Å². The van der Waals surface area contributed by atoms with Crippen LogP contribution in [-0.2, 0) is 11.2 Å². The molecular weight excluding hydrogens is 380 g/mol. The summed E-state index contributed by atoms with van der Waals surface area (Å²) >= 11 is 1.52. The van der Waals surface area contributed by atoms with Gasteiger partial charge in [0.15, 0.2) is 5.13 Å². The van der Waals surface area contributed by atoms with Crippen molar-refractivity contribution in [3.63, 3.8) is 0 Å². The van der Waals surface area contributed by atoms with Crippen molar-refractivity contribution in [1.82, 2.24) is 14.4 Å². The maximum absolute atomic E-state index is 12.5. The van der Waals surface area contributed by atoms with Crippen molar-refractivity contribution in [2.75, 3.05) is 5.32 Å². The number of thiazole rings is 1. The molecule has 4 aromatic rings. The van der Waals surface area contributed by atoms with Crippen LogP contribution in [0.3, 0.4) is 0 Å². The number of carbonyl (C=O) groups is 1. The van der Waals surface area contributed by atoms with Gasteiger partial charge in [-0.1, -0.05) is 18.2 Å². The minimum atomic E-state index is -0.0318. The largest absolute Gasteiger partial charge is 0.304 e. The van der Waals surface area contributed by atoms with Gasteiger partial charge in [0.25, 0.3) is 0 Å². The first-order valence-corrected chi connectivity index (χ1v) is 10.5. The molecule has 0 saturated heterocycles. The summed E-state index contributed by atoms with van der Waals surface area (Å²) in [6, 6.07) is 12.3. The van der Waals surface area contributed by atoms with Crippen LogP contribution in [0.2, 0.25) is 0 Å². The molecule has 1 N–H and O–H groups in total. The lowest BCUT2D eigenvalue weighted by Crippen LogP contribution is -2.13. The highest BCUT2D eigenvalue weighted by Gasteiger charge is 2.14. The minimum Gasteiger partial charge on any atom is -0.304 e. The SMILES string of the molecule is Cc1ccc(-c2nc(NC(=O)CCc3c(C)nc4ccccn34)sc2C)cc1C. The lowest BCUT2D eigenvalue weighted by molar-refractivity contribution is -0.116. The van der Waals surface area contributed by atoms with Gasteiger partial charge in [0.05, 0.1) is 11.4 Å². The Morgan fingerprint density at radius 1 is 1.07 bits per heavy atom. The fraction of sp³-hybridized carbons (Fsp3) is 0.261. The average Bonchev–Trinajstić information content (AvgIpc) is 3.21.